The molecule has 2 aromatic carbocycles. The maximum Gasteiger partial charge on any atom is 0.335 e. The third-order valence-electron chi connectivity index (χ3n) is 9.91. The Morgan fingerprint density at radius 2 is 2.05 bits per heavy atom. The maximum absolute atomic E-state index is 12.0. The maximum atomic E-state index is 12.0. The molecule has 2 aromatic rings. The van der Waals surface area contributed by atoms with Crippen LogP contribution >= 0.6 is 11.6 Å². The van der Waals surface area contributed by atoms with E-state index in [1.165, 1.54) is 11.1 Å². The highest BCUT2D eigenvalue weighted by Gasteiger charge is 2.46. The Morgan fingerprint density at radius 3 is 2.79 bits per heavy atom. The first kappa shape index (κ1) is 30.6. The smallest absolute Gasteiger partial charge is 0.335 e. The SMILES string of the molecule is C[C@H]1C[C@H](OCCS(N)(=O)=O)C[C@H]([C@@H]2CC[C@H]2CN2C[C@@]3(CCCc4cc(Cl)ccc43)COc3ccc(C(=O)O)cc32)O1. The molecule has 0 bridgehead atoms. The summed E-state index contributed by atoms with van der Waals surface area (Å²) in [5.74, 6) is 0.242. The van der Waals surface area contributed by atoms with E-state index < -0.39 is 16.0 Å². The molecule has 43 heavy (non-hydrogen) atoms. The van der Waals surface area contributed by atoms with Crippen molar-refractivity contribution in [2.45, 2.75) is 75.6 Å². The summed E-state index contributed by atoms with van der Waals surface area (Å²) >= 11 is 6.39. The highest BCUT2D eigenvalue weighted by molar-refractivity contribution is 7.89. The summed E-state index contributed by atoms with van der Waals surface area (Å²) in [6, 6.07) is 11.4. The number of sulfonamides is 1. The van der Waals surface area contributed by atoms with Crippen LogP contribution < -0.4 is 14.8 Å². The van der Waals surface area contributed by atoms with E-state index >= 15 is 0 Å². The molecule has 1 spiro atoms. The Hall–Kier alpha value is -2.37. The van der Waals surface area contributed by atoms with Gasteiger partial charge in [0, 0.05) is 29.9 Å². The van der Waals surface area contributed by atoms with Gasteiger partial charge in [-0.25, -0.2) is 18.4 Å². The minimum Gasteiger partial charge on any atom is -0.490 e. The molecule has 6 rings (SSSR count). The van der Waals surface area contributed by atoms with E-state index in [1.54, 1.807) is 18.2 Å². The van der Waals surface area contributed by atoms with E-state index in [0.29, 0.717) is 24.2 Å². The summed E-state index contributed by atoms with van der Waals surface area (Å²) in [5, 5.41) is 15.7. The lowest BCUT2D eigenvalue weighted by molar-refractivity contribution is -0.146. The van der Waals surface area contributed by atoms with Crippen molar-refractivity contribution in [2.24, 2.45) is 17.0 Å². The van der Waals surface area contributed by atoms with E-state index in [-0.39, 0.29) is 41.7 Å². The molecule has 0 radical (unpaired) electrons. The summed E-state index contributed by atoms with van der Waals surface area (Å²) in [7, 11) is -3.57. The number of nitrogens with two attached hydrogens (primary N) is 1. The van der Waals surface area contributed by atoms with Gasteiger partial charge in [-0.15, -0.1) is 0 Å². The van der Waals surface area contributed by atoms with Crippen molar-refractivity contribution in [3.05, 3.63) is 58.1 Å². The van der Waals surface area contributed by atoms with Crippen LogP contribution in [0, 0.1) is 11.8 Å². The Morgan fingerprint density at radius 1 is 1.21 bits per heavy atom. The van der Waals surface area contributed by atoms with Gasteiger partial charge >= 0.3 is 5.97 Å². The molecule has 1 saturated carbocycles. The standard InChI is InChI=1S/C32H41ClN2O7S/c1-20-13-25(40-11-12-43(34,38)39)16-30(42-20)26-7-4-23(26)17-35-18-32(10-2-3-21-14-24(33)6-8-27(21)32)19-41-29-9-5-22(31(36)37)15-28(29)35/h5-6,8-9,14-15,20,23,25-26,30H,2-4,7,10-13,16-19H2,1H3,(H,36,37)(H2,34,38,39)/t20-,23-,25-,26+,30+,32-/m0/s1. The molecule has 9 nitrogen and oxygen atoms in total. The lowest BCUT2D eigenvalue weighted by Gasteiger charge is -2.48. The molecule has 11 heteroatoms. The van der Waals surface area contributed by atoms with E-state index in [4.69, 9.17) is 31.0 Å². The molecule has 0 unspecified atom stereocenters. The van der Waals surface area contributed by atoms with Crippen LogP contribution in [0.5, 0.6) is 5.75 Å². The fraction of sp³-hybridized carbons (Fsp3) is 0.594. The van der Waals surface area contributed by atoms with Crippen LogP contribution in [-0.2, 0) is 31.3 Å². The number of fused-ring (bicyclic) bond motifs is 3. The van der Waals surface area contributed by atoms with Gasteiger partial charge in [0.1, 0.15) is 5.75 Å². The van der Waals surface area contributed by atoms with Crippen molar-refractivity contribution in [3.8, 4) is 5.75 Å². The van der Waals surface area contributed by atoms with E-state index in [9.17, 15) is 18.3 Å². The van der Waals surface area contributed by atoms with Gasteiger partial charge in [-0.2, -0.15) is 0 Å². The highest BCUT2D eigenvalue weighted by atomic mass is 35.5. The average Bonchev–Trinajstić information content (AvgIpc) is 3.07. The Bertz CT molecular complexity index is 1470. The third-order valence-corrected chi connectivity index (χ3v) is 10.9. The van der Waals surface area contributed by atoms with Gasteiger partial charge < -0.3 is 24.2 Å². The number of aromatic carboxylic acids is 1. The normalized spacial score (nSPS) is 30.5. The fourth-order valence-corrected chi connectivity index (χ4v) is 8.24. The second-order valence-corrected chi connectivity index (χ2v) is 15.1. The molecule has 0 amide bonds. The van der Waals surface area contributed by atoms with Gasteiger partial charge in [0.05, 0.1) is 48.5 Å². The summed E-state index contributed by atoms with van der Waals surface area (Å²) in [5.41, 5.74) is 3.37. The van der Waals surface area contributed by atoms with Crippen LogP contribution in [0.4, 0.5) is 5.69 Å². The molecule has 4 aliphatic rings. The number of carbonyl (C=O) groups is 1. The van der Waals surface area contributed by atoms with Gasteiger partial charge in [0.25, 0.3) is 0 Å². The number of benzene rings is 2. The predicted octanol–water partition coefficient (Wildman–Crippen LogP) is 4.78. The van der Waals surface area contributed by atoms with Gasteiger partial charge in [0.15, 0.2) is 0 Å². The number of carboxylic acids is 1. The van der Waals surface area contributed by atoms with Gasteiger partial charge in [-0.1, -0.05) is 17.7 Å². The van der Waals surface area contributed by atoms with Crippen LogP contribution in [0.15, 0.2) is 36.4 Å². The minimum absolute atomic E-state index is 0.0127. The second kappa shape index (κ2) is 12.2. The van der Waals surface area contributed by atoms with Gasteiger partial charge in [-0.3, -0.25) is 0 Å². The molecule has 1 saturated heterocycles. The Kier molecular flexibility index (Phi) is 8.69. The number of carboxylic acid groups (broad SMARTS) is 1. The number of halogens is 1. The average molecular weight is 633 g/mol. The third kappa shape index (κ3) is 6.68. The quantitative estimate of drug-likeness (QED) is 0.426. The van der Waals surface area contributed by atoms with Crippen LogP contribution in [0.2, 0.25) is 5.02 Å². The second-order valence-electron chi connectivity index (χ2n) is 12.9. The van der Waals surface area contributed by atoms with Crippen LogP contribution in [0.25, 0.3) is 0 Å². The summed E-state index contributed by atoms with van der Waals surface area (Å²) < 4.78 is 41.7. The number of ether oxygens (including phenoxy) is 3. The number of aryl methyl sites for hydroxylation is 1. The zero-order chi connectivity index (χ0) is 30.4. The van der Waals surface area contributed by atoms with Crippen molar-refractivity contribution in [3.63, 3.8) is 0 Å². The molecule has 2 heterocycles. The largest absolute Gasteiger partial charge is 0.490 e. The Labute approximate surface area is 258 Å². The molecular formula is C32H41ClN2O7S. The zero-order valence-corrected chi connectivity index (χ0v) is 26.1. The van der Waals surface area contributed by atoms with Crippen molar-refractivity contribution in [1.29, 1.82) is 0 Å². The molecule has 2 fully saturated rings. The monoisotopic (exact) mass is 632 g/mol. The summed E-state index contributed by atoms with van der Waals surface area (Å²) in [6.45, 7) is 4.14. The van der Waals surface area contributed by atoms with Gasteiger partial charge in [-0.05, 0) is 98.7 Å². The lowest BCUT2D eigenvalue weighted by atomic mass is 9.67. The van der Waals surface area contributed by atoms with E-state index in [0.717, 1.165) is 68.7 Å². The van der Waals surface area contributed by atoms with Crippen LogP contribution in [0.3, 0.4) is 0 Å². The molecule has 2 aliphatic carbocycles. The number of primary sulfonamides is 1. The Balaban J connectivity index is 1.25. The molecular weight excluding hydrogens is 592 g/mol. The molecule has 6 atom stereocenters. The van der Waals surface area contributed by atoms with Crippen LogP contribution in [0.1, 0.15) is 66.9 Å². The lowest BCUT2D eigenvalue weighted by Crippen LogP contribution is -2.51. The minimum atomic E-state index is -3.57. The van der Waals surface area contributed by atoms with Gasteiger partial charge in [0.2, 0.25) is 10.0 Å². The molecule has 234 valence electrons. The first-order valence-electron chi connectivity index (χ1n) is 15.3. The zero-order valence-electron chi connectivity index (χ0n) is 24.5. The molecule has 0 aromatic heterocycles. The summed E-state index contributed by atoms with van der Waals surface area (Å²) in [6.07, 6.45) is 6.49. The van der Waals surface area contributed by atoms with E-state index in [2.05, 4.69) is 17.0 Å². The van der Waals surface area contributed by atoms with Crippen molar-refractivity contribution >= 4 is 33.3 Å². The number of anilines is 1. The highest BCUT2D eigenvalue weighted by Crippen LogP contribution is 2.47. The summed E-state index contributed by atoms with van der Waals surface area (Å²) in [4.78, 5) is 14.3. The van der Waals surface area contributed by atoms with Crippen molar-refractivity contribution < 1.29 is 32.5 Å². The number of hydrogen-bond acceptors (Lipinski definition) is 7. The van der Waals surface area contributed by atoms with Crippen LogP contribution in [-0.4, -0.2) is 69.9 Å². The van der Waals surface area contributed by atoms with Crippen molar-refractivity contribution in [2.75, 3.05) is 37.0 Å². The fourth-order valence-electron chi connectivity index (χ4n) is 7.72. The van der Waals surface area contributed by atoms with E-state index in [1.807, 2.05) is 13.0 Å². The predicted molar refractivity (Wildman–Crippen MR) is 165 cm³/mol. The molecule has 2 aliphatic heterocycles. The van der Waals surface area contributed by atoms with Crippen molar-refractivity contribution in [1.82, 2.24) is 0 Å². The molecule has 3 N–H and O–H groups in total. The number of rotatable bonds is 8. The first-order chi connectivity index (χ1) is 20.5. The number of hydrogen-bond donors (Lipinski definition) is 2. The first-order valence-corrected chi connectivity index (χ1v) is 17.4. The number of nitrogens with zero attached hydrogens (tertiary/aromatic N) is 1. The topological polar surface area (TPSA) is 128 Å².